The zero-order chi connectivity index (χ0) is 24.3. The number of alkyl halides is 3. The van der Waals surface area contributed by atoms with Crippen LogP contribution in [0.15, 0.2) is 29.3 Å². The highest BCUT2D eigenvalue weighted by atomic mass is 127. The predicted molar refractivity (Wildman–Crippen MR) is 140 cm³/mol. The molecule has 10 heteroatoms. The summed E-state index contributed by atoms with van der Waals surface area (Å²) in [5.41, 5.74) is 0.637. The van der Waals surface area contributed by atoms with Crippen LogP contribution in [-0.4, -0.2) is 48.6 Å². The maximum Gasteiger partial charge on any atom is 0.417 e. The van der Waals surface area contributed by atoms with Gasteiger partial charge in [0.1, 0.15) is 5.75 Å². The van der Waals surface area contributed by atoms with Crippen LogP contribution in [0.4, 0.5) is 18.9 Å². The minimum atomic E-state index is -4.60. The molecule has 0 amide bonds. The SMILES string of the molecule is CCN(C)/C=N/c1cc(C#C[SH](C)(C)(C)I)c(Oc2ccc(Cl)c(C(F)(F)F)c2)nc1C. The average molecular weight is 600 g/mol. The fourth-order valence-corrected chi connectivity index (χ4v) is 3.34. The lowest BCUT2D eigenvalue weighted by molar-refractivity contribution is -0.137. The van der Waals surface area contributed by atoms with Crippen LogP contribution in [-0.2, 0) is 6.18 Å². The van der Waals surface area contributed by atoms with Gasteiger partial charge in [-0.1, -0.05) is 22.8 Å². The first-order valence-electron chi connectivity index (χ1n) is 9.62. The summed E-state index contributed by atoms with van der Waals surface area (Å²) in [4.78, 5) is 10.8. The summed E-state index contributed by atoms with van der Waals surface area (Å²) in [6.07, 6.45) is 1.13. The van der Waals surface area contributed by atoms with E-state index in [1.165, 1.54) is 6.07 Å². The van der Waals surface area contributed by atoms with E-state index in [4.69, 9.17) is 16.3 Å². The molecule has 2 aromatic rings. The second kappa shape index (κ2) is 9.69. The second-order valence-corrected chi connectivity index (χ2v) is 24.3. The molecule has 0 N–H and O–H groups in total. The molecule has 0 saturated heterocycles. The Hall–Kier alpha value is -1.64. The molecule has 0 spiro atoms. The Labute approximate surface area is 204 Å². The highest BCUT2D eigenvalue weighted by Gasteiger charge is 2.33. The number of rotatable bonds is 5. The number of halogens is 5. The Balaban J connectivity index is 2.59. The first-order valence-corrected chi connectivity index (χ1v) is 16.4. The topological polar surface area (TPSA) is 37.7 Å². The molecule has 176 valence electrons. The normalized spacial score (nSPS) is 13.3. The third-order valence-electron chi connectivity index (χ3n) is 4.07. The fourth-order valence-electron chi connectivity index (χ4n) is 2.26. The molecule has 0 unspecified atom stereocenters. The lowest BCUT2D eigenvalue weighted by Gasteiger charge is -2.37. The quantitative estimate of drug-likeness (QED) is 0.131. The molecule has 0 saturated carbocycles. The van der Waals surface area contributed by atoms with E-state index in [0.717, 1.165) is 18.7 Å². The standard InChI is InChI=1S/C22H26ClF3IN3OS/c1-7-30(3)14-28-20-12-16(10-11-32(4,5,6)27)21(29-15(20)2)31-17-8-9-19(23)18(13-17)22(24,25)26/h8-9,12-14,32H,7H2,1-6H3/b28-14+. The van der Waals surface area contributed by atoms with E-state index in [9.17, 15) is 13.2 Å². The highest BCUT2D eigenvalue weighted by Crippen LogP contribution is 2.66. The zero-order valence-corrected chi connectivity index (χ0v) is 22.5. The Morgan fingerprint density at radius 1 is 1.28 bits per heavy atom. The predicted octanol–water partition coefficient (Wildman–Crippen LogP) is 7.09. The van der Waals surface area contributed by atoms with Gasteiger partial charge in [-0.2, -0.15) is 19.5 Å². The van der Waals surface area contributed by atoms with E-state index < -0.39 is 23.1 Å². The molecule has 0 bridgehead atoms. The van der Waals surface area contributed by atoms with Gasteiger partial charge in [-0.05, 0) is 78.1 Å². The molecular weight excluding hydrogens is 574 g/mol. The van der Waals surface area contributed by atoms with Crippen LogP contribution in [0, 0.1) is 18.1 Å². The molecule has 0 aliphatic rings. The lowest BCUT2D eigenvalue weighted by Crippen LogP contribution is -2.14. The molecule has 0 radical (unpaired) electrons. The van der Waals surface area contributed by atoms with Gasteiger partial charge in [0.05, 0.1) is 33.9 Å². The lowest BCUT2D eigenvalue weighted by atomic mass is 10.2. The average Bonchev–Trinajstić information content (AvgIpc) is 2.65. The van der Waals surface area contributed by atoms with Crippen molar-refractivity contribution in [3.63, 3.8) is 0 Å². The number of ether oxygens (including phenoxy) is 1. The summed E-state index contributed by atoms with van der Waals surface area (Å²) in [6, 6.07) is 5.12. The number of pyridine rings is 1. The van der Waals surface area contributed by atoms with Crippen LogP contribution in [0.1, 0.15) is 23.7 Å². The summed E-state index contributed by atoms with van der Waals surface area (Å²) in [5, 5.41) is 2.89. The van der Waals surface area contributed by atoms with E-state index in [0.29, 0.717) is 16.9 Å². The number of hydrogen-bond acceptors (Lipinski definition) is 3. The van der Waals surface area contributed by atoms with Crippen molar-refractivity contribution in [2.24, 2.45) is 4.99 Å². The molecule has 4 nitrogen and oxygen atoms in total. The van der Waals surface area contributed by atoms with E-state index in [2.05, 4.69) is 61.1 Å². The smallest absolute Gasteiger partial charge is 0.417 e. The molecule has 0 atom stereocenters. The summed E-state index contributed by atoms with van der Waals surface area (Å²) >= 11 is 8.07. The minimum absolute atomic E-state index is 0.0323. The van der Waals surface area contributed by atoms with E-state index >= 15 is 0 Å². The third-order valence-corrected chi connectivity index (χ3v) is 5.99. The fraction of sp³-hybridized carbons (Fsp3) is 0.364. The monoisotopic (exact) mass is 599 g/mol. The van der Waals surface area contributed by atoms with Crippen molar-refractivity contribution in [3.8, 4) is 22.8 Å². The number of benzene rings is 1. The number of thiol groups is 1. The molecular formula is C22H26ClF3IN3OS. The second-order valence-electron chi connectivity index (χ2n) is 8.35. The van der Waals surface area contributed by atoms with Crippen molar-refractivity contribution >= 4 is 51.2 Å². The van der Waals surface area contributed by atoms with Crippen molar-refractivity contribution in [2.75, 3.05) is 32.4 Å². The zero-order valence-electron chi connectivity index (χ0n) is 18.7. The van der Waals surface area contributed by atoms with Crippen molar-refractivity contribution < 1.29 is 17.9 Å². The minimum Gasteiger partial charge on any atom is -0.438 e. The first-order chi connectivity index (χ1) is 14.5. The first kappa shape index (κ1) is 26.6. The van der Waals surface area contributed by atoms with Crippen LogP contribution in [0.3, 0.4) is 0 Å². The Morgan fingerprint density at radius 2 is 1.94 bits per heavy atom. The van der Waals surface area contributed by atoms with Gasteiger partial charge in [-0.3, -0.25) is 0 Å². The Bertz CT molecular complexity index is 1090. The van der Waals surface area contributed by atoms with Gasteiger partial charge in [0.2, 0.25) is 5.88 Å². The molecule has 2 rings (SSSR count). The van der Waals surface area contributed by atoms with Gasteiger partial charge in [0, 0.05) is 13.6 Å². The molecule has 0 aliphatic carbocycles. The van der Waals surface area contributed by atoms with Gasteiger partial charge < -0.3 is 9.64 Å². The van der Waals surface area contributed by atoms with Crippen LogP contribution in [0.2, 0.25) is 5.02 Å². The Morgan fingerprint density at radius 3 is 2.50 bits per heavy atom. The van der Waals surface area contributed by atoms with E-state index in [1.54, 1.807) is 19.3 Å². The van der Waals surface area contributed by atoms with E-state index in [1.807, 2.05) is 18.9 Å². The van der Waals surface area contributed by atoms with Crippen molar-refractivity contribution in [3.05, 3.63) is 46.1 Å². The maximum absolute atomic E-state index is 13.2. The van der Waals surface area contributed by atoms with Crippen LogP contribution < -0.4 is 4.74 Å². The van der Waals surface area contributed by atoms with Gasteiger partial charge in [0.25, 0.3) is 0 Å². The van der Waals surface area contributed by atoms with E-state index in [-0.39, 0.29) is 11.6 Å². The number of aromatic nitrogens is 1. The highest BCUT2D eigenvalue weighted by molar-refractivity contribution is 14.2. The van der Waals surface area contributed by atoms with Crippen LogP contribution >= 0.6 is 39.1 Å². The Kier molecular flexibility index (Phi) is 8.06. The number of hydrogen-bond donors (Lipinski definition) is 1. The molecule has 32 heavy (non-hydrogen) atoms. The summed E-state index contributed by atoms with van der Waals surface area (Å²) in [7, 11) is 1.90. The van der Waals surface area contributed by atoms with Crippen molar-refractivity contribution in [1.82, 2.24) is 9.88 Å². The summed E-state index contributed by atoms with van der Waals surface area (Å²) in [5.74, 6) is 3.20. The van der Waals surface area contributed by atoms with Gasteiger partial charge in [-0.25, -0.2) is 9.98 Å². The summed E-state index contributed by atoms with van der Waals surface area (Å²) < 4.78 is 45.5. The largest absolute Gasteiger partial charge is 0.438 e. The molecule has 1 aromatic heterocycles. The third kappa shape index (κ3) is 8.05. The van der Waals surface area contributed by atoms with Gasteiger partial charge in [0.15, 0.2) is 0 Å². The number of aliphatic imine (C=N–C) groups is 1. The van der Waals surface area contributed by atoms with Crippen molar-refractivity contribution in [2.45, 2.75) is 20.0 Å². The molecule has 1 heterocycles. The van der Waals surface area contributed by atoms with Crippen LogP contribution in [0.5, 0.6) is 11.6 Å². The molecule has 1 aromatic carbocycles. The van der Waals surface area contributed by atoms with Crippen molar-refractivity contribution in [1.29, 1.82) is 0 Å². The van der Waals surface area contributed by atoms with Gasteiger partial charge in [-0.15, -0.1) is 0 Å². The van der Waals surface area contributed by atoms with Gasteiger partial charge >= 0.3 is 6.18 Å². The van der Waals surface area contributed by atoms with Crippen LogP contribution in [0.25, 0.3) is 0 Å². The molecule has 0 aliphatic heterocycles. The number of nitrogens with zero attached hydrogens (tertiary/aromatic N) is 3. The maximum atomic E-state index is 13.2. The summed E-state index contributed by atoms with van der Waals surface area (Å²) in [6.45, 7) is 4.54. The number of aryl methyl sites for hydroxylation is 1. The molecule has 0 fully saturated rings.